The molecule has 1 aliphatic rings. The van der Waals surface area contributed by atoms with Gasteiger partial charge < -0.3 is 9.84 Å². The lowest BCUT2D eigenvalue weighted by Gasteiger charge is -2.27. The summed E-state index contributed by atoms with van der Waals surface area (Å²) in [6, 6.07) is 6.75. The molecule has 0 radical (unpaired) electrons. The molecule has 25 heavy (non-hydrogen) atoms. The maximum atomic E-state index is 13.1. The molecule has 0 bridgehead atoms. The maximum Gasteiger partial charge on any atom is 0.430 e. The molecule has 0 saturated heterocycles. The Labute approximate surface area is 150 Å². The van der Waals surface area contributed by atoms with Gasteiger partial charge in [0.1, 0.15) is 5.75 Å². The fourth-order valence-electron chi connectivity index (χ4n) is 2.58. The summed E-state index contributed by atoms with van der Waals surface area (Å²) >= 11 is 7.79. The quantitative estimate of drug-likeness (QED) is 0.796. The number of halogens is 4. The number of hydrogen-bond acceptors (Lipinski definition) is 3. The Balaban J connectivity index is 2.01. The second kappa shape index (κ2) is 6.38. The van der Waals surface area contributed by atoms with E-state index < -0.39 is 23.8 Å². The normalized spacial score (nSPS) is 16.8. The van der Waals surface area contributed by atoms with Crippen LogP contribution in [-0.4, -0.2) is 23.4 Å². The van der Waals surface area contributed by atoms with Gasteiger partial charge in [0.05, 0.1) is 5.57 Å². The van der Waals surface area contributed by atoms with E-state index in [-0.39, 0.29) is 11.3 Å². The van der Waals surface area contributed by atoms with Gasteiger partial charge in [-0.3, -0.25) is 0 Å². The van der Waals surface area contributed by atoms with E-state index in [0.29, 0.717) is 17.0 Å². The lowest BCUT2D eigenvalue weighted by Crippen LogP contribution is -2.40. The smallest absolute Gasteiger partial charge is 0.430 e. The third-order valence-electron chi connectivity index (χ3n) is 3.72. The number of carboxylic acid groups (broad SMARTS) is 1. The molecule has 1 aromatic carbocycles. The minimum Gasteiger partial charge on any atom is -0.478 e. The molecule has 1 aromatic heterocycles. The number of carbonyl (C=O) groups is 1. The van der Waals surface area contributed by atoms with E-state index in [0.717, 1.165) is 15.8 Å². The predicted molar refractivity (Wildman–Crippen MR) is 89.4 cm³/mol. The van der Waals surface area contributed by atoms with E-state index in [9.17, 15) is 18.0 Å². The van der Waals surface area contributed by atoms with Gasteiger partial charge in [0.2, 0.25) is 6.10 Å². The highest BCUT2D eigenvalue weighted by atomic mass is 35.5. The zero-order chi connectivity index (χ0) is 18.4. The predicted octanol–water partition coefficient (Wildman–Crippen LogP) is 5.09. The first-order valence-corrected chi connectivity index (χ1v) is 8.40. The van der Waals surface area contributed by atoms with Crippen molar-refractivity contribution in [3.05, 3.63) is 55.7 Å². The van der Waals surface area contributed by atoms with Gasteiger partial charge >= 0.3 is 12.1 Å². The van der Waals surface area contributed by atoms with Gasteiger partial charge in [-0.1, -0.05) is 11.6 Å². The van der Waals surface area contributed by atoms with Gasteiger partial charge in [0.25, 0.3) is 0 Å². The number of carboxylic acids is 1. The van der Waals surface area contributed by atoms with Crippen LogP contribution >= 0.6 is 22.9 Å². The molecule has 1 atom stereocenters. The molecule has 132 valence electrons. The standard InChI is InChI=1S/C17H12ClF3O3S/c1-8-2-3-11(25-8)4-9-7-14-10(6-13(9)18)5-12(16(22)23)15(24-14)17(19,20)21/h2-3,5-7,15H,4H2,1H3,(H,22,23). The third-order valence-corrected chi connectivity index (χ3v) is 5.07. The molecule has 0 fully saturated rings. The van der Waals surface area contributed by atoms with Crippen LogP contribution in [0.4, 0.5) is 13.2 Å². The zero-order valence-corrected chi connectivity index (χ0v) is 14.4. The fraction of sp³-hybridized carbons (Fsp3) is 0.235. The van der Waals surface area contributed by atoms with Crippen LogP contribution in [0.3, 0.4) is 0 Å². The summed E-state index contributed by atoms with van der Waals surface area (Å²) in [6.45, 7) is 1.96. The number of rotatable bonds is 3. The molecule has 0 saturated carbocycles. The van der Waals surface area contributed by atoms with Gasteiger partial charge in [0.15, 0.2) is 0 Å². The van der Waals surface area contributed by atoms with Crippen molar-refractivity contribution < 1.29 is 27.8 Å². The zero-order valence-electron chi connectivity index (χ0n) is 12.9. The van der Waals surface area contributed by atoms with Crippen LogP contribution in [0.1, 0.15) is 20.9 Å². The van der Waals surface area contributed by atoms with E-state index in [1.54, 1.807) is 11.3 Å². The van der Waals surface area contributed by atoms with Crippen LogP contribution in [0, 0.1) is 6.92 Å². The molecule has 1 unspecified atom stereocenters. The minimum atomic E-state index is -4.83. The van der Waals surface area contributed by atoms with Crippen LogP contribution in [0.25, 0.3) is 6.08 Å². The lowest BCUT2D eigenvalue weighted by molar-refractivity contribution is -0.187. The fourth-order valence-corrected chi connectivity index (χ4v) is 3.73. The highest BCUT2D eigenvalue weighted by Gasteiger charge is 2.48. The number of aryl methyl sites for hydroxylation is 1. The average molecular weight is 389 g/mol. The number of hydrogen-bond donors (Lipinski definition) is 1. The maximum absolute atomic E-state index is 13.1. The van der Waals surface area contributed by atoms with Gasteiger partial charge in [0, 0.05) is 26.8 Å². The molecule has 0 aliphatic carbocycles. The lowest BCUT2D eigenvalue weighted by atomic mass is 9.99. The SMILES string of the molecule is Cc1ccc(Cc2cc3c(cc2Cl)C=C(C(=O)O)C(C(F)(F)F)O3)s1. The summed E-state index contributed by atoms with van der Waals surface area (Å²) in [5.41, 5.74) is -0.0259. The summed E-state index contributed by atoms with van der Waals surface area (Å²) in [7, 11) is 0. The van der Waals surface area contributed by atoms with E-state index in [2.05, 4.69) is 0 Å². The summed E-state index contributed by atoms with van der Waals surface area (Å²) in [5, 5.41) is 9.39. The Bertz CT molecular complexity index is 871. The van der Waals surface area contributed by atoms with Crippen molar-refractivity contribution in [3.63, 3.8) is 0 Å². The summed E-state index contributed by atoms with van der Waals surface area (Å²) in [5.74, 6) is -1.71. The Kier molecular flexibility index (Phi) is 4.55. The second-order valence-electron chi connectivity index (χ2n) is 5.61. The summed E-state index contributed by atoms with van der Waals surface area (Å²) in [4.78, 5) is 13.3. The van der Waals surface area contributed by atoms with Crippen LogP contribution in [0.5, 0.6) is 5.75 Å². The Morgan fingerprint density at radius 1 is 1.36 bits per heavy atom. The van der Waals surface area contributed by atoms with Crippen molar-refractivity contribution in [1.82, 2.24) is 0 Å². The third kappa shape index (κ3) is 3.67. The van der Waals surface area contributed by atoms with Crippen LogP contribution in [0.15, 0.2) is 29.8 Å². The van der Waals surface area contributed by atoms with E-state index in [1.165, 1.54) is 12.1 Å². The number of aliphatic carboxylic acids is 1. The molecular formula is C17H12ClF3O3S. The van der Waals surface area contributed by atoms with Gasteiger partial charge in [-0.05, 0) is 42.8 Å². The number of benzene rings is 1. The van der Waals surface area contributed by atoms with Crippen molar-refractivity contribution in [2.45, 2.75) is 25.6 Å². The first-order valence-electron chi connectivity index (χ1n) is 7.21. The second-order valence-corrected chi connectivity index (χ2v) is 7.39. The molecule has 0 amide bonds. The minimum absolute atomic E-state index is 0.0278. The molecule has 3 nitrogen and oxygen atoms in total. The van der Waals surface area contributed by atoms with Gasteiger partial charge in [-0.2, -0.15) is 13.2 Å². The molecule has 8 heteroatoms. The van der Waals surface area contributed by atoms with Crippen LogP contribution < -0.4 is 4.74 Å². The van der Waals surface area contributed by atoms with Crippen LogP contribution in [-0.2, 0) is 11.2 Å². The number of thiophene rings is 1. The number of ether oxygens (including phenoxy) is 1. The van der Waals surface area contributed by atoms with Crippen molar-refractivity contribution in [2.75, 3.05) is 0 Å². The van der Waals surface area contributed by atoms with Crippen LogP contribution in [0.2, 0.25) is 5.02 Å². The largest absolute Gasteiger partial charge is 0.478 e. The van der Waals surface area contributed by atoms with Crippen molar-refractivity contribution >= 4 is 35.0 Å². The molecule has 1 aliphatic heterocycles. The topological polar surface area (TPSA) is 46.5 Å². The molecule has 2 aromatic rings. The number of fused-ring (bicyclic) bond motifs is 1. The number of alkyl halides is 3. The first-order chi connectivity index (χ1) is 11.6. The molecular weight excluding hydrogens is 377 g/mol. The molecule has 0 spiro atoms. The van der Waals surface area contributed by atoms with E-state index >= 15 is 0 Å². The van der Waals surface area contributed by atoms with Gasteiger partial charge in [-0.15, -0.1) is 11.3 Å². The highest BCUT2D eigenvalue weighted by Crippen LogP contribution is 2.40. The average Bonchev–Trinajstić information content (AvgIpc) is 2.91. The van der Waals surface area contributed by atoms with Crippen molar-refractivity contribution in [1.29, 1.82) is 0 Å². The Morgan fingerprint density at radius 3 is 2.64 bits per heavy atom. The van der Waals surface area contributed by atoms with Gasteiger partial charge in [-0.25, -0.2) is 4.79 Å². The Hall–Kier alpha value is -1.99. The van der Waals surface area contributed by atoms with Crippen molar-refractivity contribution in [2.24, 2.45) is 0 Å². The molecule has 2 heterocycles. The van der Waals surface area contributed by atoms with Crippen molar-refractivity contribution in [3.8, 4) is 5.75 Å². The summed E-state index contributed by atoms with van der Waals surface area (Å²) < 4.78 is 44.3. The van der Waals surface area contributed by atoms with E-state index in [1.807, 2.05) is 19.1 Å². The summed E-state index contributed by atoms with van der Waals surface area (Å²) in [6.07, 6.45) is -5.91. The van der Waals surface area contributed by atoms with E-state index in [4.69, 9.17) is 21.4 Å². The first kappa shape index (κ1) is 17.8. The molecule has 1 N–H and O–H groups in total. The monoisotopic (exact) mass is 388 g/mol. The highest BCUT2D eigenvalue weighted by molar-refractivity contribution is 7.11. The Morgan fingerprint density at radius 2 is 2.08 bits per heavy atom. The molecule has 3 rings (SSSR count).